The summed E-state index contributed by atoms with van der Waals surface area (Å²) in [6.45, 7) is 3.82. The van der Waals surface area contributed by atoms with Crippen molar-refractivity contribution in [1.82, 2.24) is 35.3 Å². The number of hydrogen-bond donors (Lipinski definition) is 2. The Morgan fingerprint density at radius 2 is 1.88 bits per heavy atom. The van der Waals surface area contributed by atoms with E-state index in [1.807, 2.05) is 12.1 Å². The van der Waals surface area contributed by atoms with Crippen molar-refractivity contribution < 1.29 is 9.13 Å². The van der Waals surface area contributed by atoms with Crippen molar-refractivity contribution >= 4 is 22.8 Å². The summed E-state index contributed by atoms with van der Waals surface area (Å²) in [6.07, 6.45) is 3.36. The Balaban J connectivity index is 1.29. The maximum Gasteiger partial charge on any atom is 0.207 e. The molecule has 5 heterocycles. The number of fused-ring (bicyclic) bond motifs is 1. The SMILES string of the molecule is CN1CCN(c2ccc(-c3cnc(COc4cc(N)nc5n[nH]nc45)c(F)c3)cn2)CC1. The number of hydrogen-bond acceptors (Lipinski definition) is 9. The van der Waals surface area contributed by atoms with Crippen LogP contribution in [-0.2, 0) is 6.61 Å². The van der Waals surface area contributed by atoms with Gasteiger partial charge in [0, 0.05) is 55.8 Å². The molecule has 0 aliphatic carbocycles. The van der Waals surface area contributed by atoms with Crippen LogP contribution in [0, 0.1) is 5.82 Å². The Kier molecular flexibility index (Phi) is 5.23. The average Bonchev–Trinajstić information content (AvgIpc) is 3.27. The molecule has 0 atom stereocenters. The minimum absolute atomic E-state index is 0.0852. The molecule has 32 heavy (non-hydrogen) atoms. The number of rotatable bonds is 5. The maximum absolute atomic E-state index is 14.7. The summed E-state index contributed by atoms with van der Waals surface area (Å²) in [5, 5.41) is 10.3. The van der Waals surface area contributed by atoms with Crippen molar-refractivity contribution in [3.8, 4) is 16.9 Å². The molecule has 1 fully saturated rings. The molecule has 0 radical (unpaired) electrons. The summed E-state index contributed by atoms with van der Waals surface area (Å²) in [7, 11) is 2.12. The molecule has 0 amide bonds. The van der Waals surface area contributed by atoms with Gasteiger partial charge in [0.05, 0.1) is 0 Å². The van der Waals surface area contributed by atoms with Gasteiger partial charge in [0.1, 0.15) is 29.8 Å². The zero-order valence-electron chi connectivity index (χ0n) is 17.5. The number of piperazine rings is 1. The Morgan fingerprint density at radius 1 is 1.06 bits per heavy atom. The fraction of sp³-hybridized carbons (Fsp3) is 0.286. The van der Waals surface area contributed by atoms with Crippen LogP contribution in [0.25, 0.3) is 22.3 Å². The minimum atomic E-state index is -0.468. The monoisotopic (exact) mass is 435 g/mol. The molecule has 11 heteroatoms. The van der Waals surface area contributed by atoms with Gasteiger partial charge < -0.3 is 20.3 Å². The Hall–Kier alpha value is -3.86. The predicted octanol–water partition coefficient (Wildman–Crippen LogP) is 1.86. The molecule has 4 aromatic heterocycles. The second kappa shape index (κ2) is 8.35. The summed E-state index contributed by atoms with van der Waals surface area (Å²) < 4.78 is 20.4. The van der Waals surface area contributed by atoms with Crippen molar-refractivity contribution in [2.45, 2.75) is 6.61 Å². The molecule has 0 spiro atoms. The molecule has 4 aromatic rings. The van der Waals surface area contributed by atoms with Crippen LogP contribution >= 0.6 is 0 Å². The Labute approximate surface area is 183 Å². The van der Waals surface area contributed by atoms with Crippen LogP contribution < -0.4 is 15.4 Å². The molecule has 10 nitrogen and oxygen atoms in total. The lowest BCUT2D eigenvalue weighted by Gasteiger charge is -2.33. The van der Waals surface area contributed by atoms with E-state index in [-0.39, 0.29) is 18.1 Å². The van der Waals surface area contributed by atoms with Gasteiger partial charge in [-0.15, -0.1) is 5.10 Å². The maximum atomic E-state index is 14.7. The first-order valence-electron chi connectivity index (χ1n) is 10.2. The molecule has 0 bridgehead atoms. The van der Waals surface area contributed by atoms with Crippen molar-refractivity contribution in [1.29, 1.82) is 0 Å². The van der Waals surface area contributed by atoms with E-state index in [1.54, 1.807) is 12.4 Å². The zero-order valence-corrected chi connectivity index (χ0v) is 17.5. The van der Waals surface area contributed by atoms with Crippen LogP contribution in [0.3, 0.4) is 0 Å². The number of aromatic nitrogens is 6. The number of nitrogens with zero attached hydrogens (tertiary/aromatic N) is 7. The standard InChI is InChI=1S/C21H22FN9O/c1-30-4-6-31(7-5-30)19-3-2-13(10-25-19)14-8-15(22)16(24-11-14)12-32-17-9-18(23)26-21-20(17)27-29-28-21/h2-3,8-11H,4-7,12H2,1H3,(H3,23,26,27,28,29). The Bertz CT molecular complexity index is 1240. The predicted molar refractivity (Wildman–Crippen MR) is 118 cm³/mol. The molecule has 5 rings (SSSR count). The van der Waals surface area contributed by atoms with Gasteiger partial charge in [0.25, 0.3) is 0 Å². The molecular formula is C21H22FN9O. The van der Waals surface area contributed by atoms with E-state index in [0.717, 1.165) is 37.6 Å². The highest BCUT2D eigenvalue weighted by molar-refractivity contribution is 5.78. The summed E-state index contributed by atoms with van der Waals surface area (Å²) >= 11 is 0. The fourth-order valence-electron chi connectivity index (χ4n) is 3.59. The first-order valence-corrected chi connectivity index (χ1v) is 10.2. The highest BCUT2D eigenvalue weighted by atomic mass is 19.1. The second-order valence-corrected chi connectivity index (χ2v) is 7.68. The third-order valence-corrected chi connectivity index (χ3v) is 5.47. The van der Waals surface area contributed by atoms with Gasteiger partial charge in [-0.25, -0.2) is 14.4 Å². The molecule has 0 aromatic carbocycles. The molecule has 3 N–H and O–H groups in total. The smallest absolute Gasteiger partial charge is 0.207 e. The first-order chi connectivity index (χ1) is 15.6. The van der Waals surface area contributed by atoms with E-state index in [0.29, 0.717) is 22.5 Å². The quantitative estimate of drug-likeness (QED) is 0.484. The number of anilines is 2. The topological polar surface area (TPSA) is 122 Å². The molecule has 1 saturated heterocycles. The second-order valence-electron chi connectivity index (χ2n) is 7.68. The van der Waals surface area contributed by atoms with Gasteiger partial charge in [0.15, 0.2) is 11.3 Å². The average molecular weight is 435 g/mol. The highest BCUT2D eigenvalue weighted by Crippen LogP contribution is 2.26. The number of nitrogens with one attached hydrogen (secondary N) is 1. The highest BCUT2D eigenvalue weighted by Gasteiger charge is 2.16. The van der Waals surface area contributed by atoms with Crippen molar-refractivity contribution in [2.24, 2.45) is 0 Å². The van der Waals surface area contributed by atoms with Crippen LogP contribution in [-0.4, -0.2) is 68.5 Å². The molecular weight excluding hydrogens is 413 g/mol. The Morgan fingerprint density at radius 3 is 2.62 bits per heavy atom. The van der Waals surface area contributed by atoms with E-state index in [2.05, 4.69) is 47.2 Å². The van der Waals surface area contributed by atoms with Crippen LogP contribution in [0.4, 0.5) is 16.0 Å². The van der Waals surface area contributed by atoms with Gasteiger partial charge in [-0.2, -0.15) is 10.3 Å². The minimum Gasteiger partial charge on any atom is -0.485 e. The number of pyridine rings is 3. The third-order valence-electron chi connectivity index (χ3n) is 5.47. The molecule has 0 saturated carbocycles. The van der Waals surface area contributed by atoms with E-state index in [9.17, 15) is 4.39 Å². The van der Waals surface area contributed by atoms with Crippen molar-refractivity contribution in [2.75, 3.05) is 43.9 Å². The van der Waals surface area contributed by atoms with Gasteiger partial charge in [0.2, 0.25) is 5.65 Å². The number of nitrogens with two attached hydrogens (primary N) is 1. The lowest BCUT2D eigenvalue weighted by molar-refractivity contribution is 0.297. The number of H-pyrrole nitrogens is 1. The van der Waals surface area contributed by atoms with Gasteiger partial charge in [-0.1, -0.05) is 0 Å². The molecule has 1 aliphatic rings. The van der Waals surface area contributed by atoms with Gasteiger partial charge in [-0.05, 0) is 25.2 Å². The summed E-state index contributed by atoms with van der Waals surface area (Å²) in [4.78, 5) is 17.4. The van der Waals surface area contributed by atoms with Crippen LogP contribution in [0.1, 0.15) is 5.69 Å². The zero-order chi connectivity index (χ0) is 22.1. The first kappa shape index (κ1) is 20.1. The molecule has 1 aliphatic heterocycles. The van der Waals surface area contributed by atoms with E-state index >= 15 is 0 Å². The third kappa shape index (κ3) is 4.02. The van der Waals surface area contributed by atoms with Crippen LogP contribution in [0.2, 0.25) is 0 Å². The van der Waals surface area contributed by atoms with Gasteiger partial charge in [-0.3, -0.25) is 4.98 Å². The molecule has 164 valence electrons. The largest absolute Gasteiger partial charge is 0.485 e. The van der Waals surface area contributed by atoms with E-state index in [1.165, 1.54) is 12.1 Å². The number of aromatic amines is 1. The van der Waals surface area contributed by atoms with E-state index in [4.69, 9.17) is 10.5 Å². The van der Waals surface area contributed by atoms with E-state index < -0.39 is 5.82 Å². The van der Waals surface area contributed by atoms with Crippen LogP contribution in [0.15, 0.2) is 36.7 Å². The van der Waals surface area contributed by atoms with Crippen molar-refractivity contribution in [3.05, 3.63) is 48.2 Å². The molecule has 0 unspecified atom stereocenters. The van der Waals surface area contributed by atoms with Crippen LogP contribution in [0.5, 0.6) is 5.75 Å². The van der Waals surface area contributed by atoms with Gasteiger partial charge >= 0.3 is 0 Å². The number of ether oxygens (including phenoxy) is 1. The lowest BCUT2D eigenvalue weighted by atomic mass is 10.1. The summed E-state index contributed by atoms with van der Waals surface area (Å²) in [5.41, 5.74) is 8.12. The summed E-state index contributed by atoms with van der Waals surface area (Å²) in [6, 6.07) is 6.86. The number of nitrogen functional groups attached to an aromatic ring is 1. The number of likely N-dealkylation sites (N-methyl/N-ethyl adjacent to an activating group) is 1. The lowest BCUT2D eigenvalue weighted by Crippen LogP contribution is -2.44. The summed E-state index contributed by atoms with van der Waals surface area (Å²) in [5.74, 6) is 1.05. The van der Waals surface area contributed by atoms with Crippen molar-refractivity contribution in [3.63, 3.8) is 0 Å². The number of halogens is 1. The fourth-order valence-corrected chi connectivity index (χ4v) is 3.59. The normalized spacial score (nSPS) is 14.8.